The molecule has 1 aliphatic rings. The monoisotopic (exact) mass is 283 g/mol. The summed E-state index contributed by atoms with van der Waals surface area (Å²) in [6, 6.07) is 12.1. The van der Waals surface area contributed by atoms with Crippen LogP contribution >= 0.6 is 0 Å². The fraction of sp³-hybridized carbons (Fsp3) is 0.250. The largest absolute Gasteiger partial charge is 0.341 e. The Kier molecular flexibility index (Phi) is 6.38. The lowest BCUT2D eigenvalue weighted by Gasteiger charge is -1.91. The summed E-state index contributed by atoms with van der Waals surface area (Å²) in [6.07, 6.45) is 7.20. The highest BCUT2D eigenvalue weighted by molar-refractivity contribution is 5.77. The fourth-order valence-corrected chi connectivity index (χ4v) is 1.78. The molecule has 0 amide bonds. The second-order valence-corrected chi connectivity index (χ2v) is 4.60. The standard InChI is InChI=1S/C9H7N.C4H6N2.C3H8N2/c1-2-6-9-8(4-1)5-3-7-10-9;1-6-3-2-5-4-6;1-2-5-3-4-1/h1-7H;2-4H,1H3;4-5H,1-3H2. The summed E-state index contributed by atoms with van der Waals surface area (Å²) < 4.78 is 1.89. The highest BCUT2D eigenvalue weighted by atomic mass is 15.1. The molecule has 5 heteroatoms. The summed E-state index contributed by atoms with van der Waals surface area (Å²) in [5.41, 5.74) is 1.06. The number of benzene rings is 1. The van der Waals surface area contributed by atoms with Crippen LogP contribution < -0.4 is 10.6 Å². The van der Waals surface area contributed by atoms with Gasteiger partial charge >= 0.3 is 0 Å². The van der Waals surface area contributed by atoms with E-state index in [1.807, 2.05) is 48.3 Å². The molecule has 5 nitrogen and oxygen atoms in total. The molecule has 0 atom stereocenters. The Morgan fingerprint density at radius 1 is 1.00 bits per heavy atom. The highest BCUT2D eigenvalue weighted by Gasteiger charge is 1.90. The molecule has 2 aromatic heterocycles. The maximum atomic E-state index is 4.18. The first-order valence-corrected chi connectivity index (χ1v) is 6.99. The summed E-state index contributed by atoms with van der Waals surface area (Å²) in [6.45, 7) is 3.28. The zero-order chi connectivity index (χ0) is 14.8. The summed E-state index contributed by atoms with van der Waals surface area (Å²) in [4.78, 5) is 7.97. The Morgan fingerprint density at radius 2 is 1.76 bits per heavy atom. The maximum absolute atomic E-state index is 4.18. The van der Waals surface area contributed by atoms with Crippen molar-refractivity contribution < 1.29 is 0 Å². The zero-order valence-corrected chi connectivity index (χ0v) is 12.2. The number of pyridine rings is 1. The van der Waals surface area contributed by atoms with Crippen molar-refractivity contribution >= 4 is 10.9 Å². The van der Waals surface area contributed by atoms with Crippen LogP contribution in [0.5, 0.6) is 0 Å². The van der Waals surface area contributed by atoms with Crippen LogP contribution in [0, 0.1) is 0 Å². The predicted molar refractivity (Wildman–Crippen MR) is 85.8 cm³/mol. The quantitative estimate of drug-likeness (QED) is 0.660. The third kappa shape index (κ3) is 5.72. The van der Waals surface area contributed by atoms with Gasteiger partial charge in [-0.15, -0.1) is 0 Å². The lowest BCUT2D eigenvalue weighted by atomic mass is 10.2. The number of aryl methyl sites for hydroxylation is 1. The topological polar surface area (TPSA) is 54.8 Å². The number of para-hydroxylation sites is 1. The third-order valence-electron chi connectivity index (χ3n) is 2.88. The molecule has 0 unspecified atom stereocenters. The molecule has 0 spiro atoms. The van der Waals surface area contributed by atoms with Crippen LogP contribution in [-0.2, 0) is 7.05 Å². The van der Waals surface area contributed by atoms with Gasteiger partial charge < -0.3 is 15.2 Å². The average molecular weight is 283 g/mol. The van der Waals surface area contributed by atoms with Gasteiger partial charge in [0, 0.05) is 50.8 Å². The molecule has 3 aromatic rings. The molecule has 0 aliphatic carbocycles. The normalized spacial score (nSPS) is 13.0. The van der Waals surface area contributed by atoms with E-state index in [9.17, 15) is 0 Å². The van der Waals surface area contributed by atoms with E-state index < -0.39 is 0 Å². The van der Waals surface area contributed by atoms with Gasteiger partial charge in [0.1, 0.15) is 0 Å². The van der Waals surface area contributed by atoms with E-state index in [1.54, 1.807) is 12.5 Å². The van der Waals surface area contributed by atoms with Crippen molar-refractivity contribution in [2.24, 2.45) is 7.05 Å². The van der Waals surface area contributed by atoms with Crippen molar-refractivity contribution in [2.45, 2.75) is 0 Å². The van der Waals surface area contributed by atoms with Crippen molar-refractivity contribution in [3.63, 3.8) is 0 Å². The van der Waals surface area contributed by atoms with E-state index >= 15 is 0 Å². The van der Waals surface area contributed by atoms with E-state index in [4.69, 9.17) is 0 Å². The zero-order valence-electron chi connectivity index (χ0n) is 12.2. The van der Waals surface area contributed by atoms with Gasteiger partial charge in [-0.2, -0.15) is 0 Å². The molecule has 0 radical (unpaired) electrons. The summed E-state index contributed by atoms with van der Waals surface area (Å²) >= 11 is 0. The number of hydrogen-bond donors (Lipinski definition) is 2. The highest BCUT2D eigenvalue weighted by Crippen LogP contribution is 2.07. The molecule has 0 bridgehead atoms. The summed E-state index contributed by atoms with van der Waals surface area (Å²) in [5.74, 6) is 0. The van der Waals surface area contributed by atoms with Crippen LogP contribution in [0.15, 0.2) is 61.3 Å². The summed E-state index contributed by atoms with van der Waals surface area (Å²) in [7, 11) is 1.94. The average Bonchev–Trinajstić information content (AvgIpc) is 3.24. The first kappa shape index (κ1) is 15.2. The van der Waals surface area contributed by atoms with Crippen LogP contribution in [0.2, 0.25) is 0 Å². The molecule has 1 saturated heterocycles. The molecule has 1 fully saturated rings. The van der Waals surface area contributed by atoms with Crippen LogP contribution in [0.1, 0.15) is 0 Å². The number of imidazole rings is 1. The Balaban J connectivity index is 0.000000126. The van der Waals surface area contributed by atoms with Gasteiger partial charge in [-0.05, 0) is 12.1 Å². The second kappa shape index (κ2) is 8.84. The molecule has 0 saturated carbocycles. The number of nitrogens with zero attached hydrogens (tertiary/aromatic N) is 3. The van der Waals surface area contributed by atoms with Gasteiger partial charge in [0.05, 0.1) is 11.8 Å². The molecule has 21 heavy (non-hydrogen) atoms. The molecule has 3 heterocycles. The van der Waals surface area contributed by atoms with Crippen molar-refractivity contribution in [1.29, 1.82) is 0 Å². The molecular weight excluding hydrogens is 262 g/mol. The minimum atomic E-state index is 1.00. The Labute approximate surface area is 125 Å². The fourth-order valence-electron chi connectivity index (χ4n) is 1.78. The van der Waals surface area contributed by atoms with Crippen molar-refractivity contribution in [2.75, 3.05) is 19.8 Å². The predicted octanol–water partition coefficient (Wildman–Crippen LogP) is 1.79. The van der Waals surface area contributed by atoms with E-state index in [0.29, 0.717) is 0 Å². The van der Waals surface area contributed by atoms with Gasteiger partial charge in [-0.25, -0.2) is 4.98 Å². The minimum Gasteiger partial charge on any atom is -0.341 e. The second-order valence-electron chi connectivity index (χ2n) is 4.60. The number of aromatic nitrogens is 3. The smallest absolute Gasteiger partial charge is 0.0943 e. The first-order chi connectivity index (χ1) is 10.4. The molecule has 1 aromatic carbocycles. The van der Waals surface area contributed by atoms with Crippen LogP contribution in [0.25, 0.3) is 10.9 Å². The molecule has 1 aliphatic heterocycles. The van der Waals surface area contributed by atoms with Crippen LogP contribution in [0.4, 0.5) is 0 Å². The van der Waals surface area contributed by atoms with Gasteiger partial charge in [-0.3, -0.25) is 4.98 Å². The first-order valence-electron chi connectivity index (χ1n) is 6.99. The number of fused-ring (bicyclic) bond motifs is 1. The van der Waals surface area contributed by atoms with Crippen molar-refractivity contribution in [3.05, 3.63) is 61.3 Å². The molecular formula is C16H21N5. The minimum absolute atomic E-state index is 1.00. The van der Waals surface area contributed by atoms with Crippen molar-refractivity contribution in [1.82, 2.24) is 25.2 Å². The molecule has 4 rings (SSSR count). The van der Waals surface area contributed by atoms with Gasteiger partial charge in [-0.1, -0.05) is 24.3 Å². The number of hydrogen-bond acceptors (Lipinski definition) is 4. The lowest BCUT2D eigenvalue weighted by Crippen LogP contribution is -2.11. The molecule has 110 valence electrons. The number of nitrogens with one attached hydrogen (secondary N) is 2. The Morgan fingerprint density at radius 3 is 2.29 bits per heavy atom. The van der Waals surface area contributed by atoms with E-state index in [1.165, 1.54) is 5.39 Å². The summed E-state index contributed by atoms with van der Waals surface area (Å²) in [5, 5.41) is 7.42. The lowest BCUT2D eigenvalue weighted by molar-refractivity contribution is 0.807. The van der Waals surface area contributed by atoms with Gasteiger partial charge in [0.2, 0.25) is 0 Å². The van der Waals surface area contributed by atoms with Gasteiger partial charge in [0.25, 0.3) is 0 Å². The Bertz CT molecular complexity index is 544. The van der Waals surface area contributed by atoms with Crippen LogP contribution in [-0.4, -0.2) is 34.3 Å². The Hall–Kier alpha value is -2.24. The maximum Gasteiger partial charge on any atom is 0.0943 e. The van der Waals surface area contributed by atoms with Gasteiger partial charge in [0.15, 0.2) is 0 Å². The third-order valence-corrected chi connectivity index (χ3v) is 2.88. The SMILES string of the molecule is C1CNCN1.Cn1ccnc1.c1ccc2ncccc2c1. The molecule has 2 N–H and O–H groups in total. The van der Waals surface area contributed by atoms with E-state index in [0.717, 1.165) is 25.3 Å². The number of rotatable bonds is 0. The van der Waals surface area contributed by atoms with E-state index in [2.05, 4.69) is 32.7 Å². The van der Waals surface area contributed by atoms with E-state index in [-0.39, 0.29) is 0 Å². The van der Waals surface area contributed by atoms with Crippen molar-refractivity contribution in [3.8, 4) is 0 Å². The van der Waals surface area contributed by atoms with Crippen LogP contribution in [0.3, 0.4) is 0 Å².